The molecule has 1 fully saturated rings. The Balaban J connectivity index is 1.58. The lowest BCUT2D eigenvalue weighted by molar-refractivity contribution is 0.374. The molecular weight excluding hydrogens is 310 g/mol. The Hall–Kier alpha value is -1.28. The van der Waals surface area contributed by atoms with Crippen LogP contribution in [0.15, 0.2) is 53.0 Å². The summed E-state index contributed by atoms with van der Waals surface area (Å²) in [5.74, 6) is 0.708. The lowest BCUT2D eigenvalue weighted by atomic mass is 9.76. The lowest BCUT2D eigenvalue weighted by Crippen LogP contribution is -2.34. The van der Waals surface area contributed by atoms with Crippen molar-refractivity contribution in [2.24, 2.45) is 0 Å². The van der Waals surface area contributed by atoms with Crippen molar-refractivity contribution in [3.8, 4) is 0 Å². The third-order valence-corrected chi connectivity index (χ3v) is 4.66. The summed E-state index contributed by atoms with van der Waals surface area (Å²) in [7, 11) is 0. The molecule has 0 aliphatic heterocycles. The minimum absolute atomic E-state index is 0.617. The van der Waals surface area contributed by atoms with Gasteiger partial charge in [-0.05, 0) is 60.6 Å². The second-order valence-corrected chi connectivity index (χ2v) is 6.53. The van der Waals surface area contributed by atoms with Crippen molar-refractivity contribution in [3.63, 3.8) is 0 Å². The fraction of sp³-hybridized carbons (Fsp3) is 0.333. The van der Waals surface area contributed by atoms with Crippen LogP contribution in [0.25, 0.3) is 0 Å². The van der Waals surface area contributed by atoms with Crippen LogP contribution in [-0.4, -0.2) is 6.04 Å². The third kappa shape index (κ3) is 3.06. The lowest BCUT2D eigenvalue weighted by Gasteiger charge is -2.37. The van der Waals surface area contributed by atoms with E-state index in [4.69, 9.17) is 0 Å². The van der Waals surface area contributed by atoms with Gasteiger partial charge in [0.15, 0.2) is 0 Å². The predicted molar refractivity (Wildman–Crippen MR) is 89.3 cm³/mol. The number of rotatable bonds is 4. The molecule has 0 bridgehead atoms. The number of aryl methyl sites for hydroxylation is 1. The molecule has 0 amide bonds. The standard InChI is InChI=1S/C18H20BrN/c1-2-13-5-3-8-17(9-13)20-18-11-15(12-18)14-6-4-7-16(19)10-14/h3-10,15,18,20H,2,11-12H2,1H3. The zero-order valence-corrected chi connectivity index (χ0v) is 13.4. The van der Waals surface area contributed by atoms with E-state index < -0.39 is 0 Å². The summed E-state index contributed by atoms with van der Waals surface area (Å²) >= 11 is 3.55. The van der Waals surface area contributed by atoms with Crippen LogP contribution in [0.4, 0.5) is 5.69 Å². The van der Waals surface area contributed by atoms with Gasteiger partial charge in [-0.15, -0.1) is 0 Å². The molecule has 1 nitrogen and oxygen atoms in total. The number of halogens is 1. The average Bonchev–Trinajstić information content (AvgIpc) is 2.42. The van der Waals surface area contributed by atoms with E-state index in [1.54, 1.807) is 0 Å². The highest BCUT2D eigenvalue weighted by Gasteiger charge is 2.30. The topological polar surface area (TPSA) is 12.0 Å². The molecule has 0 spiro atoms. The molecule has 0 unspecified atom stereocenters. The molecular formula is C18H20BrN. The van der Waals surface area contributed by atoms with E-state index >= 15 is 0 Å². The Bertz CT molecular complexity index is 587. The Morgan fingerprint density at radius 2 is 1.90 bits per heavy atom. The fourth-order valence-electron chi connectivity index (χ4n) is 2.89. The van der Waals surface area contributed by atoms with E-state index in [9.17, 15) is 0 Å². The maximum Gasteiger partial charge on any atom is 0.0345 e. The molecule has 1 aliphatic rings. The predicted octanol–water partition coefficient (Wildman–Crippen LogP) is 5.37. The van der Waals surface area contributed by atoms with Gasteiger partial charge in [-0.25, -0.2) is 0 Å². The first kappa shape index (κ1) is 13.7. The Labute approximate surface area is 129 Å². The second-order valence-electron chi connectivity index (χ2n) is 5.62. The molecule has 1 saturated carbocycles. The zero-order valence-electron chi connectivity index (χ0n) is 11.8. The van der Waals surface area contributed by atoms with Crippen LogP contribution >= 0.6 is 15.9 Å². The molecule has 1 aliphatic carbocycles. The summed E-state index contributed by atoms with van der Waals surface area (Å²) in [5, 5.41) is 3.66. The van der Waals surface area contributed by atoms with Crippen molar-refractivity contribution < 1.29 is 0 Å². The van der Waals surface area contributed by atoms with Crippen LogP contribution in [0, 0.1) is 0 Å². The minimum atomic E-state index is 0.617. The van der Waals surface area contributed by atoms with Crippen LogP contribution < -0.4 is 5.32 Å². The first-order chi connectivity index (χ1) is 9.74. The highest BCUT2D eigenvalue weighted by Crippen LogP contribution is 2.39. The van der Waals surface area contributed by atoms with Crippen molar-refractivity contribution in [2.45, 2.75) is 38.1 Å². The SMILES string of the molecule is CCc1cccc(NC2CC(c3cccc(Br)c3)C2)c1. The molecule has 0 saturated heterocycles. The Morgan fingerprint density at radius 1 is 1.10 bits per heavy atom. The van der Waals surface area contributed by atoms with Gasteiger partial charge in [0, 0.05) is 16.2 Å². The van der Waals surface area contributed by atoms with Crippen molar-refractivity contribution >= 4 is 21.6 Å². The number of hydrogen-bond acceptors (Lipinski definition) is 1. The van der Waals surface area contributed by atoms with Gasteiger partial charge in [-0.2, -0.15) is 0 Å². The largest absolute Gasteiger partial charge is 0.382 e. The second kappa shape index (κ2) is 6.01. The van der Waals surface area contributed by atoms with Gasteiger partial charge in [0.2, 0.25) is 0 Å². The molecule has 2 aromatic carbocycles. The summed E-state index contributed by atoms with van der Waals surface area (Å²) in [6.45, 7) is 2.20. The minimum Gasteiger partial charge on any atom is -0.382 e. The first-order valence-electron chi connectivity index (χ1n) is 7.35. The molecule has 2 aromatic rings. The number of anilines is 1. The van der Waals surface area contributed by atoms with Gasteiger partial charge in [0.05, 0.1) is 0 Å². The average molecular weight is 330 g/mol. The molecule has 104 valence electrons. The fourth-order valence-corrected chi connectivity index (χ4v) is 3.30. The van der Waals surface area contributed by atoms with Gasteiger partial charge in [-0.3, -0.25) is 0 Å². The number of hydrogen-bond donors (Lipinski definition) is 1. The molecule has 0 aromatic heterocycles. The van der Waals surface area contributed by atoms with E-state index in [0.717, 1.165) is 6.42 Å². The van der Waals surface area contributed by atoms with E-state index in [1.807, 2.05) is 0 Å². The molecule has 0 radical (unpaired) electrons. The summed E-state index contributed by atoms with van der Waals surface area (Å²) < 4.78 is 1.18. The molecule has 3 rings (SSSR count). The highest BCUT2D eigenvalue weighted by atomic mass is 79.9. The molecule has 20 heavy (non-hydrogen) atoms. The van der Waals surface area contributed by atoms with Crippen molar-refractivity contribution in [2.75, 3.05) is 5.32 Å². The van der Waals surface area contributed by atoms with Gasteiger partial charge >= 0.3 is 0 Å². The summed E-state index contributed by atoms with van der Waals surface area (Å²) in [6.07, 6.45) is 3.56. The normalized spacial score (nSPS) is 21.3. The zero-order chi connectivity index (χ0) is 13.9. The van der Waals surface area contributed by atoms with Crippen molar-refractivity contribution in [1.82, 2.24) is 0 Å². The van der Waals surface area contributed by atoms with Crippen molar-refractivity contribution in [3.05, 3.63) is 64.1 Å². The van der Waals surface area contributed by atoms with Crippen LogP contribution in [0.2, 0.25) is 0 Å². The molecule has 2 heteroatoms. The van der Waals surface area contributed by atoms with E-state index in [-0.39, 0.29) is 0 Å². The number of benzene rings is 2. The third-order valence-electron chi connectivity index (χ3n) is 4.16. The Morgan fingerprint density at radius 3 is 2.65 bits per heavy atom. The maximum atomic E-state index is 3.66. The monoisotopic (exact) mass is 329 g/mol. The van der Waals surface area contributed by atoms with Crippen LogP contribution in [0.5, 0.6) is 0 Å². The van der Waals surface area contributed by atoms with Gasteiger partial charge in [0.25, 0.3) is 0 Å². The summed E-state index contributed by atoms with van der Waals surface area (Å²) in [6, 6.07) is 18.1. The Kier molecular flexibility index (Phi) is 4.11. The molecule has 1 N–H and O–H groups in total. The van der Waals surface area contributed by atoms with Gasteiger partial charge in [-0.1, -0.05) is 47.1 Å². The summed E-state index contributed by atoms with van der Waals surface area (Å²) in [5.41, 5.74) is 4.12. The van der Waals surface area contributed by atoms with Crippen LogP contribution in [-0.2, 0) is 6.42 Å². The van der Waals surface area contributed by atoms with Crippen LogP contribution in [0.1, 0.15) is 36.8 Å². The maximum absolute atomic E-state index is 3.66. The molecule has 0 heterocycles. The quantitative estimate of drug-likeness (QED) is 0.795. The first-order valence-corrected chi connectivity index (χ1v) is 8.15. The summed E-state index contributed by atoms with van der Waals surface area (Å²) in [4.78, 5) is 0. The van der Waals surface area contributed by atoms with E-state index in [1.165, 1.54) is 34.1 Å². The number of nitrogens with one attached hydrogen (secondary N) is 1. The van der Waals surface area contributed by atoms with Gasteiger partial charge < -0.3 is 5.32 Å². The van der Waals surface area contributed by atoms with Crippen LogP contribution in [0.3, 0.4) is 0 Å². The van der Waals surface area contributed by atoms with E-state index in [0.29, 0.717) is 12.0 Å². The van der Waals surface area contributed by atoms with Gasteiger partial charge in [0.1, 0.15) is 0 Å². The highest BCUT2D eigenvalue weighted by molar-refractivity contribution is 9.10. The van der Waals surface area contributed by atoms with E-state index in [2.05, 4.69) is 76.7 Å². The molecule has 0 atom stereocenters. The van der Waals surface area contributed by atoms with Crippen molar-refractivity contribution in [1.29, 1.82) is 0 Å². The smallest absolute Gasteiger partial charge is 0.0345 e.